The summed E-state index contributed by atoms with van der Waals surface area (Å²) in [4.78, 5) is 11.8. The van der Waals surface area contributed by atoms with Crippen LogP contribution in [-0.4, -0.2) is 24.2 Å². The lowest BCUT2D eigenvalue weighted by Crippen LogP contribution is -2.24. The van der Waals surface area contributed by atoms with Gasteiger partial charge in [0.15, 0.2) is 11.5 Å². The summed E-state index contributed by atoms with van der Waals surface area (Å²) in [6.45, 7) is 5.94. The average molecular weight is 351 g/mol. The quantitative estimate of drug-likeness (QED) is 0.469. The maximum atomic E-state index is 11.8. The Labute approximate surface area is 131 Å². The van der Waals surface area contributed by atoms with Crippen LogP contribution in [0.25, 0.3) is 6.08 Å². The average Bonchev–Trinajstić information content (AvgIpc) is 2.47. The first-order valence-electron chi connectivity index (χ1n) is 6.19. The lowest BCUT2D eigenvalue weighted by molar-refractivity contribution is -0.116. The zero-order chi connectivity index (χ0) is 15.8. The molecule has 0 aliphatic carbocycles. The van der Waals surface area contributed by atoms with Crippen LogP contribution in [0, 0.1) is 11.3 Å². The predicted octanol–water partition coefficient (Wildman–Crippen LogP) is 2.76. The molecular weight excluding hydrogens is 336 g/mol. The number of carbonyl (C=O) groups excluding carboxylic acids is 1. The number of halogens is 1. The Morgan fingerprint density at radius 3 is 2.90 bits per heavy atom. The van der Waals surface area contributed by atoms with Gasteiger partial charge in [-0.25, -0.2) is 0 Å². The molecule has 5 nitrogen and oxygen atoms in total. The first-order chi connectivity index (χ1) is 10.0. The van der Waals surface area contributed by atoms with Crippen LogP contribution in [0.4, 0.5) is 0 Å². The number of amides is 1. The molecule has 1 rings (SSSR count). The smallest absolute Gasteiger partial charge is 0.262 e. The molecule has 1 aromatic carbocycles. The van der Waals surface area contributed by atoms with Crippen molar-refractivity contribution in [2.75, 3.05) is 13.2 Å². The Bertz CT molecular complexity index is 618. The van der Waals surface area contributed by atoms with Crippen LogP contribution in [0.5, 0.6) is 11.5 Å². The lowest BCUT2D eigenvalue weighted by atomic mass is 10.1. The fourth-order valence-electron chi connectivity index (χ4n) is 1.52. The lowest BCUT2D eigenvalue weighted by Gasteiger charge is -2.09. The van der Waals surface area contributed by atoms with Crippen LogP contribution in [0.1, 0.15) is 12.5 Å². The third kappa shape index (κ3) is 4.65. The van der Waals surface area contributed by atoms with Gasteiger partial charge < -0.3 is 15.2 Å². The van der Waals surface area contributed by atoms with Gasteiger partial charge in [-0.3, -0.25) is 4.79 Å². The van der Waals surface area contributed by atoms with Crippen molar-refractivity contribution < 1.29 is 14.6 Å². The van der Waals surface area contributed by atoms with E-state index in [0.29, 0.717) is 16.6 Å². The van der Waals surface area contributed by atoms with Gasteiger partial charge in [-0.15, -0.1) is 6.58 Å². The van der Waals surface area contributed by atoms with Crippen LogP contribution in [0.2, 0.25) is 0 Å². The Balaban J connectivity index is 3.14. The number of aromatic hydroxyl groups is 1. The van der Waals surface area contributed by atoms with E-state index < -0.39 is 5.91 Å². The van der Waals surface area contributed by atoms with Gasteiger partial charge in [0, 0.05) is 6.54 Å². The van der Waals surface area contributed by atoms with E-state index in [0.717, 1.165) is 0 Å². The van der Waals surface area contributed by atoms with Gasteiger partial charge in [0.05, 0.1) is 11.1 Å². The summed E-state index contributed by atoms with van der Waals surface area (Å²) < 4.78 is 5.71. The highest BCUT2D eigenvalue weighted by atomic mass is 79.9. The number of benzene rings is 1. The first kappa shape index (κ1) is 16.8. The maximum absolute atomic E-state index is 11.8. The number of ether oxygens (including phenoxy) is 1. The largest absolute Gasteiger partial charge is 0.503 e. The number of hydrogen-bond donors (Lipinski definition) is 2. The minimum Gasteiger partial charge on any atom is -0.503 e. The number of hydrogen-bond acceptors (Lipinski definition) is 4. The molecule has 0 bridgehead atoms. The third-order valence-electron chi connectivity index (χ3n) is 2.43. The normalized spacial score (nSPS) is 10.6. The number of phenols is 1. The fourth-order valence-corrected chi connectivity index (χ4v) is 1.98. The molecule has 2 N–H and O–H groups in total. The van der Waals surface area contributed by atoms with Crippen LogP contribution in [0.3, 0.4) is 0 Å². The monoisotopic (exact) mass is 350 g/mol. The van der Waals surface area contributed by atoms with E-state index in [1.807, 2.05) is 6.07 Å². The second kappa shape index (κ2) is 8.12. The Morgan fingerprint density at radius 2 is 2.33 bits per heavy atom. The van der Waals surface area contributed by atoms with E-state index in [2.05, 4.69) is 27.8 Å². The molecule has 110 valence electrons. The van der Waals surface area contributed by atoms with Gasteiger partial charge in [-0.1, -0.05) is 6.08 Å². The topological polar surface area (TPSA) is 82.4 Å². The molecule has 0 saturated heterocycles. The SMILES string of the molecule is C=CCNC(=O)/C(C#N)=C\c1cc(Br)c(O)c(OCC)c1. The van der Waals surface area contributed by atoms with Crippen molar-refractivity contribution in [2.24, 2.45) is 0 Å². The molecule has 0 heterocycles. The molecule has 6 heteroatoms. The second-order valence-electron chi connectivity index (χ2n) is 3.95. The maximum Gasteiger partial charge on any atom is 0.262 e. The zero-order valence-electron chi connectivity index (χ0n) is 11.5. The number of nitrogens with one attached hydrogen (secondary N) is 1. The number of rotatable bonds is 6. The Morgan fingerprint density at radius 1 is 1.62 bits per heavy atom. The van der Waals surface area contributed by atoms with Gasteiger partial charge in [-0.05, 0) is 46.6 Å². The molecule has 0 aliphatic rings. The molecule has 1 amide bonds. The standard InChI is InChI=1S/C15H15BrN2O3/c1-3-5-18-15(20)11(9-17)6-10-7-12(16)14(19)13(8-10)21-4-2/h3,6-8,19H,1,4-5H2,2H3,(H,18,20)/b11-6-. The summed E-state index contributed by atoms with van der Waals surface area (Å²) in [7, 11) is 0. The van der Waals surface area contributed by atoms with Crippen molar-refractivity contribution in [3.63, 3.8) is 0 Å². The number of carbonyl (C=O) groups is 1. The second-order valence-corrected chi connectivity index (χ2v) is 4.81. The molecule has 0 spiro atoms. The molecule has 0 unspecified atom stereocenters. The van der Waals surface area contributed by atoms with E-state index in [9.17, 15) is 9.90 Å². The Kier molecular flexibility index (Phi) is 6.50. The van der Waals surface area contributed by atoms with Crippen LogP contribution >= 0.6 is 15.9 Å². The molecule has 0 saturated carbocycles. The molecular formula is C15H15BrN2O3. The van der Waals surface area contributed by atoms with Gasteiger partial charge in [-0.2, -0.15) is 5.26 Å². The number of nitriles is 1. The summed E-state index contributed by atoms with van der Waals surface area (Å²) in [5.41, 5.74) is 0.519. The number of phenolic OH excluding ortho intramolecular Hbond substituents is 1. The fraction of sp³-hybridized carbons (Fsp3) is 0.200. The highest BCUT2D eigenvalue weighted by Crippen LogP contribution is 2.36. The minimum absolute atomic E-state index is 0.0244. The molecule has 0 radical (unpaired) electrons. The van der Waals surface area contributed by atoms with Crippen molar-refractivity contribution in [1.82, 2.24) is 5.32 Å². The number of nitrogens with zero attached hydrogens (tertiary/aromatic N) is 1. The molecule has 1 aromatic rings. The summed E-state index contributed by atoms with van der Waals surface area (Å²) in [6, 6.07) is 4.99. The van der Waals surface area contributed by atoms with Crippen molar-refractivity contribution in [3.05, 3.63) is 40.4 Å². The van der Waals surface area contributed by atoms with Crippen molar-refractivity contribution in [3.8, 4) is 17.6 Å². The van der Waals surface area contributed by atoms with E-state index in [4.69, 9.17) is 10.00 Å². The van der Waals surface area contributed by atoms with E-state index in [-0.39, 0.29) is 23.6 Å². The Hall–Kier alpha value is -2.26. The minimum atomic E-state index is -0.487. The summed E-state index contributed by atoms with van der Waals surface area (Å²) >= 11 is 3.20. The van der Waals surface area contributed by atoms with Gasteiger partial charge in [0.25, 0.3) is 5.91 Å². The first-order valence-corrected chi connectivity index (χ1v) is 6.99. The van der Waals surface area contributed by atoms with Crippen LogP contribution < -0.4 is 10.1 Å². The van der Waals surface area contributed by atoms with Gasteiger partial charge in [0.2, 0.25) is 0 Å². The molecule has 0 aromatic heterocycles. The van der Waals surface area contributed by atoms with Crippen molar-refractivity contribution >= 4 is 27.9 Å². The van der Waals surface area contributed by atoms with Crippen LogP contribution in [-0.2, 0) is 4.79 Å². The third-order valence-corrected chi connectivity index (χ3v) is 3.04. The summed E-state index contributed by atoms with van der Waals surface area (Å²) in [5.74, 6) is -0.231. The summed E-state index contributed by atoms with van der Waals surface area (Å²) in [5, 5.41) is 21.4. The van der Waals surface area contributed by atoms with Crippen molar-refractivity contribution in [2.45, 2.75) is 6.92 Å². The van der Waals surface area contributed by atoms with Gasteiger partial charge >= 0.3 is 0 Å². The predicted molar refractivity (Wildman–Crippen MR) is 83.8 cm³/mol. The highest BCUT2D eigenvalue weighted by molar-refractivity contribution is 9.10. The van der Waals surface area contributed by atoms with E-state index in [1.54, 1.807) is 19.1 Å². The zero-order valence-corrected chi connectivity index (χ0v) is 13.1. The molecule has 21 heavy (non-hydrogen) atoms. The summed E-state index contributed by atoms with van der Waals surface area (Å²) in [6.07, 6.45) is 2.95. The van der Waals surface area contributed by atoms with E-state index in [1.165, 1.54) is 12.2 Å². The van der Waals surface area contributed by atoms with Crippen LogP contribution in [0.15, 0.2) is 34.8 Å². The molecule has 0 aliphatic heterocycles. The van der Waals surface area contributed by atoms with E-state index >= 15 is 0 Å². The molecule has 0 fully saturated rings. The molecule has 0 atom stereocenters. The highest BCUT2D eigenvalue weighted by Gasteiger charge is 2.11. The van der Waals surface area contributed by atoms with Gasteiger partial charge in [0.1, 0.15) is 11.6 Å². The van der Waals surface area contributed by atoms with Crippen molar-refractivity contribution in [1.29, 1.82) is 5.26 Å².